The summed E-state index contributed by atoms with van der Waals surface area (Å²) in [6, 6.07) is 0. The Kier molecular flexibility index (Phi) is 7.54. The van der Waals surface area contributed by atoms with Crippen LogP contribution in [0.15, 0.2) is 0 Å². The third-order valence-corrected chi connectivity index (χ3v) is 2.83. The topological polar surface area (TPSA) is 75.6 Å². The molecule has 0 aromatic carbocycles. The molecule has 0 heterocycles. The van der Waals surface area contributed by atoms with E-state index in [0.717, 1.165) is 6.42 Å². The van der Waals surface area contributed by atoms with Gasteiger partial charge >= 0.3 is 5.97 Å². The molecule has 1 amide bonds. The van der Waals surface area contributed by atoms with Crippen LogP contribution in [0.25, 0.3) is 0 Å². The second-order valence-electron chi connectivity index (χ2n) is 4.16. The molecule has 0 rings (SSSR count). The number of hydrogen-bond acceptors (Lipinski definition) is 3. The summed E-state index contributed by atoms with van der Waals surface area (Å²) < 4.78 is 5.12. The zero-order valence-corrected chi connectivity index (χ0v) is 10.9. The lowest BCUT2D eigenvalue weighted by Crippen LogP contribution is -2.50. The van der Waals surface area contributed by atoms with Crippen molar-refractivity contribution in [2.24, 2.45) is 0 Å². The smallest absolute Gasteiger partial charge is 0.305 e. The fourth-order valence-corrected chi connectivity index (χ4v) is 1.65. The first-order valence-corrected chi connectivity index (χ1v) is 6.10. The first kappa shape index (κ1) is 15.9. The van der Waals surface area contributed by atoms with Gasteiger partial charge in [-0.25, -0.2) is 0 Å². The average molecular weight is 245 g/mol. The van der Waals surface area contributed by atoms with Gasteiger partial charge in [0.2, 0.25) is 5.91 Å². The van der Waals surface area contributed by atoms with E-state index >= 15 is 0 Å². The van der Waals surface area contributed by atoms with Gasteiger partial charge in [0.25, 0.3) is 0 Å². The van der Waals surface area contributed by atoms with Crippen LogP contribution >= 0.6 is 0 Å². The summed E-state index contributed by atoms with van der Waals surface area (Å²) in [5.74, 6) is -1.15. The maximum absolute atomic E-state index is 11.6. The van der Waals surface area contributed by atoms with E-state index in [1.54, 1.807) is 0 Å². The fraction of sp³-hybridized carbons (Fsp3) is 0.833. The van der Waals surface area contributed by atoms with Crippen LogP contribution in [0.1, 0.15) is 46.5 Å². The van der Waals surface area contributed by atoms with Crippen LogP contribution in [0, 0.1) is 0 Å². The Bertz CT molecular complexity index is 249. The van der Waals surface area contributed by atoms with Gasteiger partial charge in [-0.15, -0.1) is 0 Å². The zero-order valence-electron chi connectivity index (χ0n) is 10.9. The summed E-state index contributed by atoms with van der Waals surface area (Å²) in [6.45, 7) is 6.25. The van der Waals surface area contributed by atoms with Crippen molar-refractivity contribution in [3.05, 3.63) is 0 Å². The lowest BCUT2D eigenvalue weighted by molar-refractivity contribution is -0.139. The molecule has 0 aromatic heterocycles. The fourth-order valence-electron chi connectivity index (χ4n) is 1.65. The van der Waals surface area contributed by atoms with Crippen molar-refractivity contribution in [3.63, 3.8) is 0 Å². The number of amides is 1. The molecule has 5 nitrogen and oxygen atoms in total. The van der Waals surface area contributed by atoms with Crippen molar-refractivity contribution >= 4 is 11.9 Å². The van der Waals surface area contributed by atoms with E-state index in [4.69, 9.17) is 9.84 Å². The highest BCUT2D eigenvalue weighted by Crippen LogP contribution is 2.19. The van der Waals surface area contributed by atoms with Gasteiger partial charge in [-0.1, -0.05) is 20.8 Å². The van der Waals surface area contributed by atoms with Crippen molar-refractivity contribution in [2.75, 3.05) is 13.2 Å². The molecular weight excluding hydrogens is 222 g/mol. The third-order valence-electron chi connectivity index (χ3n) is 2.83. The van der Waals surface area contributed by atoms with Crippen molar-refractivity contribution in [3.8, 4) is 0 Å². The molecule has 17 heavy (non-hydrogen) atoms. The summed E-state index contributed by atoms with van der Waals surface area (Å²) in [5.41, 5.74) is -0.654. The minimum atomic E-state index is -0.900. The number of carboxylic acids is 1. The lowest BCUT2D eigenvalue weighted by Gasteiger charge is -2.31. The summed E-state index contributed by atoms with van der Waals surface area (Å²) >= 11 is 0. The zero-order chi connectivity index (χ0) is 13.3. The van der Waals surface area contributed by atoms with Gasteiger partial charge in [0, 0.05) is 6.61 Å². The first-order chi connectivity index (χ1) is 7.99. The standard InChI is InChI=1S/C12H23NO4/c1-4-7-17-9-10(14)13-12(5-2,6-3)8-11(15)16/h4-9H2,1-3H3,(H,13,14)(H,15,16). The number of carbonyl (C=O) groups is 2. The summed E-state index contributed by atoms with van der Waals surface area (Å²) in [5, 5.41) is 11.6. The number of hydrogen-bond donors (Lipinski definition) is 2. The Hall–Kier alpha value is -1.10. The van der Waals surface area contributed by atoms with Gasteiger partial charge in [-0.05, 0) is 19.3 Å². The van der Waals surface area contributed by atoms with Crippen LogP contribution in [-0.2, 0) is 14.3 Å². The second kappa shape index (κ2) is 8.06. The number of aliphatic carboxylic acids is 1. The van der Waals surface area contributed by atoms with Gasteiger partial charge in [-0.3, -0.25) is 9.59 Å². The van der Waals surface area contributed by atoms with Gasteiger partial charge < -0.3 is 15.2 Å². The molecular formula is C12H23NO4. The number of carboxylic acid groups (broad SMARTS) is 1. The highest BCUT2D eigenvalue weighted by Gasteiger charge is 2.30. The van der Waals surface area contributed by atoms with E-state index in [-0.39, 0.29) is 18.9 Å². The number of rotatable bonds is 9. The first-order valence-electron chi connectivity index (χ1n) is 6.10. The third kappa shape index (κ3) is 6.26. The molecule has 0 atom stereocenters. The number of nitrogens with one attached hydrogen (secondary N) is 1. The van der Waals surface area contributed by atoms with Crippen molar-refractivity contribution in [1.82, 2.24) is 5.32 Å². The van der Waals surface area contributed by atoms with E-state index < -0.39 is 11.5 Å². The van der Waals surface area contributed by atoms with Crippen LogP contribution in [0.3, 0.4) is 0 Å². The average Bonchev–Trinajstić information content (AvgIpc) is 2.27. The molecule has 0 aromatic rings. The molecule has 0 aliphatic heterocycles. The van der Waals surface area contributed by atoms with E-state index in [9.17, 15) is 9.59 Å². The maximum atomic E-state index is 11.6. The minimum Gasteiger partial charge on any atom is -0.481 e. The predicted molar refractivity (Wildman–Crippen MR) is 64.8 cm³/mol. The molecule has 0 fully saturated rings. The number of carbonyl (C=O) groups excluding carboxylic acids is 1. The Morgan fingerprint density at radius 1 is 1.24 bits per heavy atom. The van der Waals surface area contributed by atoms with Crippen LogP contribution in [0.2, 0.25) is 0 Å². The minimum absolute atomic E-state index is 0.00475. The molecule has 0 saturated carbocycles. The predicted octanol–water partition coefficient (Wildman–Crippen LogP) is 1.56. The van der Waals surface area contributed by atoms with Crippen LogP contribution in [0.4, 0.5) is 0 Å². The summed E-state index contributed by atoms with van der Waals surface area (Å²) in [4.78, 5) is 22.4. The van der Waals surface area contributed by atoms with E-state index in [1.807, 2.05) is 20.8 Å². The molecule has 0 radical (unpaired) electrons. The second-order valence-corrected chi connectivity index (χ2v) is 4.16. The molecule has 0 unspecified atom stereocenters. The normalized spacial score (nSPS) is 11.2. The molecule has 0 bridgehead atoms. The quantitative estimate of drug-likeness (QED) is 0.604. The van der Waals surface area contributed by atoms with Crippen LogP contribution in [0.5, 0.6) is 0 Å². The van der Waals surface area contributed by atoms with E-state index in [0.29, 0.717) is 19.4 Å². The molecule has 0 saturated heterocycles. The Morgan fingerprint density at radius 2 is 1.82 bits per heavy atom. The maximum Gasteiger partial charge on any atom is 0.305 e. The summed E-state index contributed by atoms with van der Waals surface area (Å²) in [7, 11) is 0. The Morgan fingerprint density at radius 3 is 2.24 bits per heavy atom. The summed E-state index contributed by atoms with van der Waals surface area (Å²) in [6.07, 6.45) is 1.99. The lowest BCUT2D eigenvalue weighted by atomic mass is 9.89. The van der Waals surface area contributed by atoms with Gasteiger partial charge in [-0.2, -0.15) is 0 Å². The monoisotopic (exact) mass is 245 g/mol. The van der Waals surface area contributed by atoms with E-state index in [1.165, 1.54) is 0 Å². The largest absolute Gasteiger partial charge is 0.481 e. The Labute approximate surface area is 103 Å². The van der Waals surface area contributed by atoms with Gasteiger partial charge in [0.15, 0.2) is 0 Å². The van der Waals surface area contributed by atoms with E-state index in [2.05, 4.69) is 5.32 Å². The molecule has 5 heteroatoms. The van der Waals surface area contributed by atoms with Crippen molar-refractivity contribution in [2.45, 2.75) is 52.0 Å². The Balaban J connectivity index is 4.32. The van der Waals surface area contributed by atoms with Gasteiger partial charge in [0.1, 0.15) is 6.61 Å². The van der Waals surface area contributed by atoms with Crippen LogP contribution in [-0.4, -0.2) is 35.7 Å². The number of ether oxygens (including phenoxy) is 1. The molecule has 0 spiro atoms. The van der Waals surface area contributed by atoms with Crippen molar-refractivity contribution < 1.29 is 19.4 Å². The molecule has 100 valence electrons. The highest BCUT2D eigenvalue weighted by molar-refractivity contribution is 5.79. The van der Waals surface area contributed by atoms with Crippen LogP contribution < -0.4 is 5.32 Å². The molecule has 2 N–H and O–H groups in total. The molecule has 0 aliphatic carbocycles. The van der Waals surface area contributed by atoms with Crippen molar-refractivity contribution in [1.29, 1.82) is 0 Å². The molecule has 0 aliphatic rings. The highest BCUT2D eigenvalue weighted by atomic mass is 16.5. The van der Waals surface area contributed by atoms with Gasteiger partial charge in [0.05, 0.1) is 12.0 Å². The SMILES string of the molecule is CCCOCC(=O)NC(CC)(CC)CC(=O)O.